The van der Waals surface area contributed by atoms with Crippen molar-refractivity contribution in [3.8, 4) is 0 Å². The van der Waals surface area contributed by atoms with Crippen LogP contribution in [0, 0.1) is 11.6 Å². The summed E-state index contributed by atoms with van der Waals surface area (Å²) in [7, 11) is 0. The second kappa shape index (κ2) is 4.97. The number of urea groups is 1. The van der Waals surface area contributed by atoms with Gasteiger partial charge in [0.15, 0.2) is 0 Å². The molecule has 0 unspecified atom stereocenters. The standard InChI is InChI=1S/C15H10F2N2O2/c16-10-6-7-13(12(17)8-10)19-14(20)9-18(15(19)21)11-4-2-1-3-5-11/h1-8H,9H2. The van der Waals surface area contributed by atoms with Gasteiger partial charge in [-0.15, -0.1) is 0 Å². The lowest BCUT2D eigenvalue weighted by atomic mass is 10.2. The minimum absolute atomic E-state index is 0.181. The Bertz CT molecular complexity index is 719. The number of carbonyl (C=O) groups is 2. The number of rotatable bonds is 2. The maximum atomic E-state index is 13.8. The quantitative estimate of drug-likeness (QED) is 0.797. The number of imide groups is 1. The smallest absolute Gasteiger partial charge is 0.284 e. The lowest BCUT2D eigenvalue weighted by molar-refractivity contribution is -0.115. The first-order valence-electron chi connectivity index (χ1n) is 6.22. The van der Waals surface area contributed by atoms with E-state index in [1.807, 2.05) is 0 Å². The maximum Gasteiger partial charge on any atom is 0.336 e. The summed E-state index contributed by atoms with van der Waals surface area (Å²) in [6.07, 6.45) is 0. The van der Waals surface area contributed by atoms with E-state index in [0.29, 0.717) is 11.8 Å². The van der Waals surface area contributed by atoms with Gasteiger partial charge in [-0.2, -0.15) is 0 Å². The van der Waals surface area contributed by atoms with Crippen LogP contribution in [-0.4, -0.2) is 18.5 Å². The lowest BCUT2D eigenvalue weighted by Crippen LogP contribution is -2.33. The summed E-state index contributed by atoms with van der Waals surface area (Å²) in [5.74, 6) is -2.28. The first-order chi connectivity index (χ1) is 10.1. The molecule has 6 heteroatoms. The van der Waals surface area contributed by atoms with E-state index in [1.165, 1.54) is 4.90 Å². The van der Waals surface area contributed by atoms with Gasteiger partial charge in [0.2, 0.25) is 0 Å². The van der Waals surface area contributed by atoms with Crippen molar-refractivity contribution in [2.24, 2.45) is 0 Å². The van der Waals surface area contributed by atoms with E-state index in [1.54, 1.807) is 30.3 Å². The molecule has 0 N–H and O–H groups in total. The molecular formula is C15H10F2N2O2. The second-order valence-electron chi connectivity index (χ2n) is 4.53. The fourth-order valence-electron chi connectivity index (χ4n) is 2.21. The predicted molar refractivity (Wildman–Crippen MR) is 73.0 cm³/mol. The minimum atomic E-state index is -0.952. The van der Waals surface area contributed by atoms with E-state index in [4.69, 9.17) is 0 Å². The van der Waals surface area contributed by atoms with E-state index in [0.717, 1.165) is 17.0 Å². The number of benzene rings is 2. The van der Waals surface area contributed by atoms with Crippen molar-refractivity contribution in [1.29, 1.82) is 0 Å². The summed E-state index contributed by atoms with van der Waals surface area (Å²) < 4.78 is 26.7. The average Bonchev–Trinajstić information content (AvgIpc) is 2.76. The zero-order chi connectivity index (χ0) is 15.0. The third kappa shape index (κ3) is 2.24. The van der Waals surface area contributed by atoms with Crippen LogP contribution in [0.2, 0.25) is 0 Å². The summed E-state index contributed by atoms with van der Waals surface area (Å²) in [6.45, 7) is -0.181. The van der Waals surface area contributed by atoms with Gasteiger partial charge in [0.05, 0.1) is 5.69 Å². The van der Waals surface area contributed by atoms with Gasteiger partial charge in [0.1, 0.15) is 18.2 Å². The Hall–Kier alpha value is -2.76. The Balaban J connectivity index is 1.98. The number of carbonyl (C=O) groups excluding carboxylic acids is 2. The first kappa shape index (κ1) is 13.2. The number of para-hydroxylation sites is 1. The highest BCUT2D eigenvalue weighted by molar-refractivity contribution is 6.26. The van der Waals surface area contributed by atoms with Gasteiger partial charge < -0.3 is 0 Å². The molecule has 0 radical (unpaired) electrons. The number of halogens is 2. The largest absolute Gasteiger partial charge is 0.336 e. The molecule has 1 fully saturated rings. The van der Waals surface area contributed by atoms with E-state index in [9.17, 15) is 18.4 Å². The SMILES string of the molecule is O=C1CN(c2ccccc2)C(=O)N1c1ccc(F)cc1F. The molecule has 3 amide bonds. The Morgan fingerprint density at radius 3 is 2.33 bits per heavy atom. The summed E-state index contributed by atoms with van der Waals surface area (Å²) >= 11 is 0. The van der Waals surface area contributed by atoms with Crippen molar-refractivity contribution in [3.63, 3.8) is 0 Å². The van der Waals surface area contributed by atoms with Crippen LogP contribution in [0.15, 0.2) is 48.5 Å². The molecule has 0 aliphatic carbocycles. The first-order valence-corrected chi connectivity index (χ1v) is 6.22. The molecule has 0 saturated carbocycles. The van der Waals surface area contributed by atoms with Crippen molar-refractivity contribution in [2.75, 3.05) is 16.3 Å². The Labute approximate surface area is 119 Å². The third-order valence-corrected chi connectivity index (χ3v) is 3.18. The number of nitrogens with zero attached hydrogens (tertiary/aromatic N) is 2. The van der Waals surface area contributed by atoms with Crippen molar-refractivity contribution < 1.29 is 18.4 Å². The highest BCUT2D eigenvalue weighted by Gasteiger charge is 2.39. The molecule has 0 aromatic heterocycles. The van der Waals surface area contributed by atoms with Crippen LogP contribution in [0.1, 0.15) is 0 Å². The van der Waals surface area contributed by atoms with Crippen LogP contribution in [0.4, 0.5) is 25.0 Å². The summed E-state index contributed by atoms with van der Waals surface area (Å²) in [4.78, 5) is 26.3. The molecule has 4 nitrogen and oxygen atoms in total. The highest BCUT2D eigenvalue weighted by atomic mass is 19.1. The molecule has 0 atom stereocenters. The zero-order valence-electron chi connectivity index (χ0n) is 10.8. The normalized spacial score (nSPS) is 15.0. The Morgan fingerprint density at radius 2 is 1.67 bits per heavy atom. The number of amides is 3. The van der Waals surface area contributed by atoms with E-state index in [-0.39, 0.29) is 12.2 Å². The van der Waals surface area contributed by atoms with Gasteiger partial charge in [-0.3, -0.25) is 9.69 Å². The van der Waals surface area contributed by atoms with Crippen LogP contribution < -0.4 is 9.80 Å². The molecule has 1 aliphatic rings. The number of anilines is 2. The molecule has 1 saturated heterocycles. The van der Waals surface area contributed by atoms with Crippen molar-refractivity contribution in [1.82, 2.24) is 0 Å². The number of hydrogen-bond acceptors (Lipinski definition) is 2. The van der Waals surface area contributed by atoms with Gasteiger partial charge in [-0.25, -0.2) is 18.5 Å². The summed E-state index contributed by atoms with van der Waals surface area (Å²) in [6, 6.07) is 10.7. The van der Waals surface area contributed by atoms with Crippen LogP contribution in [0.3, 0.4) is 0 Å². The van der Waals surface area contributed by atoms with Crippen molar-refractivity contribution in [3.05, 3.63) is 60.2 Å². The molecule has 2 aromatic carbocycles. The predicted octanol–water partition coefficient (Wildman–Crippen LogP) is 2.94. The van der Waals surface area contributed by atoms with Gasteiger partial charge in [-0.1, -0.05) is 18.2 Å². The van der Waals surface area contributed by atoms with Gasteiger partial charge >= 0.3 is 6.03 Å². The van der Waals surface area contributed by atoms with Crippen LogP contribution >= 0.6 is 0 Å². The highest BCUT2D eigenvalue weighted by Crippen LogP contribution is 2.28. The molecule has 3 rings (SSSR count). The molecule has 0 spiro atoms. The van der Waals surface area contributed by atoms with Crippen molar-refractivity contribution >= 4 is 23.3 Å². The topological polar surface area (TPSA) is 40.6 Å². The van der Waals surface area contributed by atoms with E-state index in [2.05, 4.69) is 0 Å². The van der Waals surface area contributed by atoms with E-state index >= 15 is 0 Å². The molecule has 1 aliphatic heterocycles. The maximum absolute atomic E-state index is 13.8. The Kier molecular flexibility index (Phi) is 3.13. The summed E-state index contributed by atoms with van der Waals surface area (Å²) in [5, 5.41) is 0. The fraction of sp³-hybridized carbons (Fsp3) is 0.0667. The van der Waals surface area contributed by atoms with Gasteiger partial charge in [0.25, 0.3) is 5.91 Å². The van der Waals surface area contributed by atoms with Crippen LogP contribution in [0.5, 0.6) is 0 Å². The van der Waals surface area contributed by atoms with Crippen LogP contribution in [-0.2, 0) is 4.79 Å². The number of hydrogen-bond donors (Lipinski definition) is 0. The van der Waals surface area contributed by atoms with Crippen molar-refractivity contribution in [2.45, 2.75) is 0 Å². The average molecular weight is 288 g/mol. The summed E-state index contributed by atoms with van der Waals surface area (Å²) in [5.41, 5.74) is 0.297. The molecule has 21 heavy (non-hydrogen) atoms. The third-order valence-electron chi connectivity index (χ3n) is 3.18. The fourth-order valence-corrected chi connectivity index (χ4v) is 2.21. The molecule has 0 bridgehead atoms. The molecule has 1 heterocycles. The second-order valence-corrected chi connectivity index (χ2v) is 4.53. The Morgan fingerprint density at radius 1 is 0.952 bits per heavy atom. The van der Waals surface area contributed by atoms with Gasteiger partial charge in [0, 0.05) is 11.8 Å². The van der Waals surface area contributed by atoms with Crippen LogP contribution in [0.25, 0.3) is 0 Å². The monoisotopic (exact) mass is 288 g/mol. The lowest BCUT2D eigenvalue weighted by Gasteiger charge is -2.17. The molecular weight excluding hydrogens is 278 g/mol. The molecule has 106 valence electrons. The van der Waals surface area contributed by atoms with E-state index < -0.39 is 23.6 Å². The molecule has 2 aromatic rings. The van der Waals surface area contributed by atoms with Gasteiger partial charge in [-0.05, 0) is 24.3 Å². The zero-order valence-corrected chi connectivity index (χ0v) is 10.8. The minimum Gasteiger partial charge on any atom is -0.284 e.